The number of ether oxygens (including phenoxy) is 1. The number of nitrogens with zero attached hydrogens (tertiary/aromatic N) is 2. The van der Waals surface area contributed by atoms with Crippen LogP contribution in [0, 0.1) is 0 Å². The molecule has 0 unspecified atom stereocenters. The summed E-state index contributed by atoms with van der Waals surface area (Å²) in [6.07, 6.45) is 2.77. The summed E-state index contributed by atoms with van der Waals surface area (Å²) in [5.74, 6) is 1.86. The number of para-hydroxylation sites is 2. The maximum Gasteiger partial charge on any atom is 0.220 e. The van der Waals surface area contributed by atoms with Crippen LogP contribution in [0.25, 0.3) is 11.0 Å². The molecule has 3 aromatic carbocycles. The summed E-state index contributed by atoms with van der Waals surface area (Å²) in [6.45, 7) is 1.97. The molecule has 0 saturated carbocycles. The molecule has 0 aliphatic carbocycles. The predicted octanol–water partition coefficient (Wildman–Crippen LogP) is 5.45. The first kappa shape index (κ1) is 22.9. The average Bonchev–Trinajstić information content (AvgIpc) is 3.19. The lowest BCUT2D eigenvalue weighted by molar-refractivity contribution is -0.121. The number of benzene rings is 3. The van der Waals surface area contributed by atoms with Crippen molar-refractivity contribution in [3.63, 3.8) is 0 Å². The van der Waals surface area contributed by atoms with Crippen LogP contribution in [0.3, 0.4) is 0 Å². The molecular formula is C27H28ClN3O2. The summed E-state index contributed by atoms with van der Waals surface area (Å²) >= 11 is 5.93. The molecule has 0 aliphatic heterocycles. The van der Waals surface area contributed by atoms with Crippen molar-refractivity contribution >= 4 is 28.5 Å². The third kappa shape index (κ3) is 6.59. The highest BCUT2D eigenvalue weighted by atomic mass is 35.5. The van der Waals surface area contributed by atoms with Gasteiger partial charge in [-0.2, -0.15) is 0 Å². The van der Waals surface area contributed by atoms with Gasteiger partial charge in [0.05, 0.1) is 17.6 Å². The van der Waals surface area contributed by atoms with E-state index in [-0.39, 0.29) is 5.91 Å². The Hall–Kier alpha value is -3.31. The van der Waals surface area contributed by atoms with Gasteiger partial charge in [-0.25, -0.2) is 4.98 Å². The Bertz CT molecular complexity index is 1170. The van der Waals surface area contributed by atoms with Crippen LogP contribution >= 0.6 is 11.6 Å². The van der Waals surface area contributed by atoms with E-state index in [1.165, 1.54) is 5.56 Å². The molecule has 1 aromatic heterocycles. The van der Waals surface area contributed by atoms with Crippen LogP contribution in [0.4, 0.5) is 0 Å². The molecule has 0 fully saturated rings. The third-order valence-corrected chi connectivity index (χ3v) is 5.75. The Labute approximate surface area is 199 Å². The van der Waals surface area contributed by atoms with E-state index in [9.17, 15) is 4.79 Å². The fourth-order valence-electron chi connectivity index (χ4n) is 3.81. The van der Waals surface area contributed by atoms with Crippen LogP contribution in [-0.4, -0.2) is 28.6 Å². The van der Waals surface area contributed by atoms with Gasteiger partial charge in [-0.1, -0.05) is 54.1 Å². The van der Waals surface area contributed by atoms with Gasteiger partial charge in [-0.15, -0.1) is 0 Å². The fourth-order valence-corrected chi connectivity index (χ4v) is 3.94. The third-order valence-electron chi connectivity index (χ3n) is 5.50. The zero-order valence-corrected chi connectivity index (χ0v) is 19.3. The monoisotopic (exact) mass is 461 g/mol. The van der Waals surface area contributed by atoms with Crippen molar-refractivity contribution < 1.29 is 9.53 Å². The van der Waals surface area contributed by atoms with Gasteiger partial charge >= 0.3 is 0 Å². The van der Waals surface area contributed by atoms with Crippen molar-refractivity contribution in [2.75, 3.05) is 13.2 Å². The minimum atomic E-state index is 0.0675. The van der Waals surface area contributed by atoms with E-state index in [0.717, 1.165) is 42.0 Å². The van der Waals surface area contributed by atoms with Gasteiger partial charge in [-0.05, 0) is 54.8 Å². The molecular weight excluding hydrogens is 434 g/mol. The second-order valence-electron chi connectivity index (χ2n) is 7.91. The van der Waals surface area contributed by atoms with E-state index < -0.39 is 0 Å². The molecule has 0 bridgehead atoms. The zero-order chi connectivity index (χ0) is 22.9. The predicted molar refractivity (Wildman–Crippen MR) is 133 cm³/mol. The number of fused-ring (bicyclic) bond motifs is 1. The standard InChI is InChI=1S/C27H28ClN3O2/c28-22-12-14-23(15-13-22)33-20-6-19-31-25-10-5-4-9-24(25)30-26(31)17-18-29-27(32)16-11-21-7-2-1-3-8-21/h1-5,7-10,12-15H,6,11,16-20H2,(H,29,32). The molecule has 4 rings (SSSR count). The highest BCUT2D eigenvalue weighted by Gasteiger charge is 2.11. The minimum absolute atomic E-state index is 0.0675. The molecule has 33 heavy (non-hydrogen) atoms. The van der Waals surface area contributed by atoms with Gasteiger partial charge in [0, 0.05) is 31.0 Å². The molecule has 4 aromatic rings. The number of nitrogens with one attached hydrogen (secondary N) is 1. The summed E-state index contributed by atoms with van der Waals surface area (Å²) in [4.78, 5) is 17.1. The molecule has 6 heteroatoms. The van der Waals surface area contributed by atoms with Crippen LogP contribution < -0.4 is 10.1 Å². The largest absolute Gasteiger partial charge is 0.494 e. The number of aryl methyl sites for hydroxylation is 2. The number of amides is 1. The van der Waals surface area contributed by atoms with Crippen molar-refractivity contribution in [2.24, 2.45) is 0 Å². The van der Waals surface area contributed by atoms with Gasteiger partial charge in [0.1, 0.15) is 11.6 Å². The van der Waals surface area contributed by atoms with Crippen LogP contribution in [0.15, 0.2) is 78.9 Å². The maximum absolute atomic E-state index is 12.3. The quantitative estimate of drug-likeness (QED) is 0.302. The van der Waals surface area contributed by atoms with Gasteiger partial charge < -0.3 is 14.6 Å². The number of rotatable bonds is 11. The topological polar surface area (TPSA) is 56.2 Å². The summed E-state index contributed by atoms with van der Waals surface area (Å²) in [5, 5.41) is 3.74. The molecule has 1 N–H and O–H groups in total. The lowest BCUT2D eigenvalue weighted by atomic mass is 10.1. The summed E-state index contributed by atoms with van der Waals surface area (Å²) in [6, 6.07) is 25.6. The van der Waals surface area contributed by atoms with Gasteiger partial charge in [0.25, 0.3) is 0 Å². The SMILES string of the molecule is O=C(CCc1ccccc1)NCCc1nc2ccccc2n1CCCOc1ccc(Cl)cc1. The van der Waals surface area contributed by atoms with Crippen LogP contribution in [0.1, 0.15) is 24.2 Å². The number of imidazole rings is 1. The minimum Gasteiger partial charge on any atom is -0.494 e. The van der Waals surface area contributed by atoms with Gasteiger partial charge in [0.2, 0.25) is 5.91 Å². The van der Waals surface area contributed by atoms with Crippen molar-refractivity contribution in [1.82, 2.24) is 14.9 Å². The zero-order valence-electron chi connectivity index (χ0n) is 18.5. The molecule has 1 amide bonds. The number of hydrogen-bond acceptors (Lipinski definition) is 3. The van der Waals surface area contributed by atoms with E-state index in [1.807, 2.05) is 72.8 Å². The Morgan fingerprint density at radius 1 is 0.939 bits per heavy atom. The molecule has 0 radical (unpaired) electrons. The highest BCUT2D eigenvalue weighted by molar-refractivity contribution is 6.30. The number of halogens is 1. The summed E-state index contributed by atoms with van der Waals surface area (Å²) < 4.78 is 8.07. The first-order valence-electron chi connectivity index (χ1n) is 11.3. The first-order valence-corrected chi connectivity index (χ1v) is 11.7. The van der Waals surface area contributed by atoms with Crippen LogP contribution in [0.2, 0.25) is 5.02 Å². The van der Waals surface area contributed by atoms with Crippen molar-refractivity contribution in [1.29, 1.82) is 0 Å². The Morgan fingerprint density at radius 2 is 1.70 bits per heavy atom. The van der Waals surface area contributed by atoms with Gasteiger partial charge in [0.15, 0.2) is 0 Å². The van der Waals surface area contributed by atoms with E-state index in [2.05, 4.69) is 16.0 Å². The number of aromatic nitrogens is 2. The van der Waals surface area contributed by atoms with Crippen LogP contribution in [0.5, 0.6) is 5.75 Å². The van der Waals surface area contributed by atoms with E-state index in [1.54, 1.807) is 0 Å². The summed E-state index contributed by atoms with van der Waals surface area (Å²) in [5.41, 5.74) is 3.26. The molecule has 170 valence electrons. The normalized spacial score (nSPS) is 10.9. The van der Waals surface area contributed by atoms with Crippen molar-refractivity contribution in [3.8, 4) is 5.75 Å². The number of hydrogen-bond donors (Lipinski definition) is 1. The first-order chi connectivity index (χ1) is 16.2. The lowest BCUT2D eigenvalue weighted by Crippen LogP contribution is -2.26. The maximum atomic E-state index is 12.3. The van der Waals surface area contributed by atoms with Crippen LogP contribution in [-0.2, 0) is 24.2 Å². The Morgan fingerprint density at radius 3 is 2.52 bits per heavy atom. The average molecular weight is 462 g/mol. The molecule has 0 saturated heterocycles. The highest BCUT2D eigenvalue weighted by Crippen LogP contribution is 2.18. The van der Waals surface area contributed by atoms with Gasteiger partial charge in [-0.3, -0.25) is 4.79 Å². The van der Waals surface area contributed by atoms with Crippen molar-refractivity contribution in [3.05, 3.63) is 95.3 Å². The molecule has 0 atom stereocenters. The number of carbonyl (C=O) groups is 1. The number of carbonyl (C=O) groups excluding carboxylic acids is 1. The molecule has 0 aliphatic rings. The lowest BCUT2D eigenvalue weighted by Gasteiger charge is -2.11. The van der Waals surface area contributed by atoms with E-state index in [0.29, 0.717) is 31.0 Å². The second-order valence-corrected chi connectivity index (χ2v) is 8.35. The van der Waals surface area contributed by atoms with E-state index in [4.69, 9.17) is 21.3 Å². The Balaban J connectivity index is 1.29. The van der Waals surface area contributed by atoms with Crippen molar-refractivity contribution in [2.45, 2.75) is 32.2 Å². The second kappa shape index (κ2) is 11.5. The fraction of sp³-hybridized carbons (Fsp3) is 0.259. The Kier molecular flexibility index (Phi) is 7.99. The molecule has 0 spiro atoms. The summed E-state index contributed by atoms with van der Waals surface area (Å²) in [7, 11) is 0. The van der Waals surface area contributed by atoms with E-state index >= 15 is 0 Å². The molecule has 5 nitrogen and oxygen atoms in total. The smallest absolute Gasteiger partial charge is 0.220 e. The molecule has 1 heterocycles.